The summed E-state index contributed by atoms with van der Waals surface area (Å²) >= 11 is 11.7. The summed E-state index contributed by atoms with van der Waals surface area (Å²) in [5.41, 5.74) is -0.676. The number of ether oxygens (including phenoxy) is 1. The second kappa shape index (κ2) is 7.14. The Morgan fingerprint density at radius 1 is 1.57 bits per heavy atom. The van der Waals surface area contributed by atoms with E-state index in [1.54, 1.807) is 0 Å². The number of aromatic nitrogens is 2. The Balaban J connectivity index is 0.00000220. The van der Waals surface area contributed by atoms with Crippen LogP contribution in [0.25, 0.3) is 0 Å². The van der Waals surface area contributed by atoms with E-state index in [1.165, 1.54) is 5.06 Å². The van der Waals surface area contributed by atoms with E-state index in [0.29, 0.717) is 19.8 Å². The molecule has 112 valence electrons. The Bertz CT molecular complexity index is 548. The Morgan fingerprint density at radius 3 is 2.67 bits per heavy atom. The smallest absolute Gasteiger partial charge is 1.00 e. The van der Waals surface area contributed by atoms with E-state index in [9.17, 15) is 4.79 Å². The quantitative estimate of drug-likeness (QED) is 0.314. The number of carbonyl (C=O) groups is 1. The number of rotatable bonds is 6. The minimum Gasteiger partial charge on any atom is -1.00 e. The molecule has 0 spiro atoms. The Labute approximate surface area is 145 Å². The predicted molar refractivity (Wildman–Crippen MR) is 73.5 cm³/mol. The van der Waals surface area contributed by atoms with Crippen molar-refractivity contribution in [2.24, 2.45) is 0 Å². The van der Waals surface area contributed by atoms with Crippen LogP contribution < -0.4 is 23.9 Å². The van der Waals surface area contributed by atoms with Gasteiger partial charge in [-0.2, -0.15) is 4.98 Å². The Hall–Kier alpha value is -0.553. The molecular weight excluding hydrogens is 316 g/mol. The van der Waals surface area contributed by atoms with E-state index in [-0.39, 0.29) is 47.7 Å². The molecule has 1 saturated heterocycles. The van der Waals surface area contributed by atoms with E-state index in [0.717, 1.165) is 0 Å². The molecule has 0 aromatic carbocycles. The normalized spacial score (nSPS) is 19.8. The van der Waals surface area contributed by atoms with Crippen molar-refractivity contribution in [3.63, 3.8) is 0 Å². The maximum Gasteiger partial charge on any atom is 1.00 e. The monoisotopic (exact) mass is 329 g/mol. The second-order valence-corrected chi connectivity index (χ2v) is 5.21. The van der Waals surface area contributed by atoms with Crippen molar-refractivity contribution in [3.8, 4) is 0 Å². The van der Waals surface area contributed by atoms with E-state index < -0.39 is 5.97 Å². The number of epoxide rings is 1. The van der Waals surface area contributed by atoms with Crippen molar-refractivity contribution in [3.05, 3.63) is 16.0 Å². The molecule has 2 heterocycles. The summed E-state index contributed by atoms with van der Waals surface area (Å²) < 4.78 is 5.21. The molecule has 1 atom stereocenters. The molecule has 0 aliphatic carbocycles. The van der Waals surface area contributed by atoms with Crippen molar-refractivity contribution >= 4 is 35.0 Å². The van der Waals surface area contributed by atoms with Gasteiger partial charge in [0.1, 0.15) is 17.2 Å². The fraction of sp³-hybridized carbons (Fsp3) is 0.545. The summed E-state index contributed by atoms with van der Waals surface area (Å²) in [4.78, 5) is 24.1. The van der Waals surface area contributed by atoms with Gasteiger partial charge in [-0.25, -0.2) is 14.8 Å². The van der Waals surface area contributed by atoms with Gasteiger partial charge in [0.15, 0.2) is 11.5 Å². The molecule has 0 radical (unpaired) electrons. The van der Waals surface area contributed by atoms with Gasteiger partial charge in [0.25, 0.3) is 0 Å². The first-order chi connectivity index (χ1) is 9.36. The van der Waals surface area contributed by atoms with Crippen molar-refractivity contribution in [1.82, 2.24) is 9.97 Å². The first-order valence-corrected chi connectivity index (χ1v) is 6.62. The molecular formula is C11H14Cl2LiN3O4. The average Bonchev–Trinajstić information content (AvgIpc) is 3.11. The number of hydrogen-bond acceptors (Lipinski definition) is 6. The minimum absolute atomic E-state index is 0. The number of anilines is 1. The van der Waals surface area contributed by atoms with E-state index in [4.69, 9.17) is 37.9 Å². The summed E-state index contributed by atoms with van der Waals surface area (Å²) in [6, 6.07) is 0. The Morgan fingerprint density at radius 2 is 2.19 bits per heavy atom. The van der Waals surface area contributed by atoms with Crippen LogP contribution in [0.15, 0.2) is 0 Å². The molecule has 1 aromatic rings. The first-order valence-electron chi connectivity index (χ1n) is 5.87. The summed E-state index contributed by atoms with van der Waals surface area (Å²) in [6.45, 7) is 5.04. The molecule has 21 heavy (non-hydrogen) atoms. The van der Waals surface area contributed by atoms with Gasteiger partial charge in [-0.1, -0.05) is 11.6 Å². The van der Waals surface area contributed by atoms with Crippen LogP contribution in [0.4, 0.5) is 5.82 Å². The van der Waals surface area contributed by atoms with Crippen LogP contribution in [0.5, 0.6) is 0 Å². The van der Waals surface area contributed by atoms with Gasteiger partial charge in [0.2, 0.25) is 5.28 Å². The van der Waals surface area contributed by atoms with Crippen LogP contribution in [0.3, 0.4) is 0 Å². The van der Waals surface area contributed by atoms with Gasteiger partial charge in [-0.15, -0.1) is 0 Å². The topological polar surface area (TPSA) is 88.1 Å². The van der Waals surface area contributed by atoms with Crippen molar-refractivity contribution < 1.29 is 39.8 Å². The van der Waals surface area contributed by atoms with E-state index >= 15 is 0 Å². The van der Waals surface area contributed by atoms with Gasteiger partial charge in [-0.05, 0) is 25.4 Å². The molecule has 1 aliphatic rings. The maximum atomic E-state index is 11.1. The van der Waals surface area contributed by atoms with Crippen LogP contribution in [0.1, 0.15) is 25.8 Å². The molecule has 10 heteroatoms. The molecule has 0 bridgehead atoms. The molecule has 2 rings (SSSR count). The fourth-order valence-electron chi connectivity index (χ4n) is 1.44. The van der Waals surface area contributed by atoms with Gasteiger partial charge >= 0.3 is 24.8 Å². The van der Waals surface area contributed by atoms with Crippen molar-refractivity contribution in [1.29, 1.82) is 0 Å². The fourth-order valence-corrected chi connectivity index (χ4v) is 1.86. The third kappa shape index (κ3) is 4.46. The standard InChI is InChI=1S/C11H13Cl2N3O4.Li.H/c1-3-16(20-5-11(2)4-19-11)8-6(12)7(9(17)18)14-10(13)15-8;;/h3-5H2,1-2H3,(H,17,18);;/q;+1;-1/t11-;;/m0../s1. The number of carboxylic acid groups (broad SMARTS) is 1. The number of carboxylic acids is 1. The first kappa shape index (κ1) is 18.5. The molecule has 1 N–H and O–H groups in total. The molecule has 0 saturated carbocycles. The number of aromatic carboxylic acids is 1. The summed E-state index contributed by atoms with van der Waals surface area (Å²) in [5, 5.41) is 10.1. The largest absolute Gasteiger partial charge is 1.00 e. The van der Waals surface area contributed by atoms with Crippen LogP contribution in [0.2, 0.25) is 10.3 Å². The zero-order valence-electron chi connectivity index (χ0n) is 12.9. The molecule has 1 fully saturated rings. The van der Waals surface area contributed by atoms with Crippen LogP contribution >= 0.6 is 23.2 Å². The van der Waals surface area contributed by atoms with Gasteiger partial charge in [0.05, 0.1) is 6.61 Å². The third-order valence-electron chi connectivity index (χ3n) is 2.70. The van der Waals surface area contributed by atoms with Crippen molar-refractivity contribution in [2.75, 3.05) is 24.8 Å². The van der Waals surface area contributed by atoms with E-state index in [2.05, 4.69) is 9.97 Å². The molecule has 1 aromatic heterocycles. The zero-order chi connectivity index (χ0) is 14.9. The molecule has 1 aliphatic heterocycles. The van der Waals surface area contributed by atoms with Gasteiger partial charge in [0, 0.05) is 6.54 Å². The zero-order valence-corrected chi connectivity index (χ0v) is 13.4. The number of hydroxylamine groups is 1. The molecule has 7 nitrogen and oxygen atoms in total. The third-order valence-corrected chi connectivity index (χ3v) is 3.21. The number of hydrogen-bond donors (Lipinski definition) is 1. The SMILES string of the molecule is CCN(OC[C@]1(C)CO1)c1nc(Cl)nc(C(=O)O)c1Cl.[H-].[Li+]. The molecule has 0 unspecified atom stereocenters. The second-order valence-electron chi connectivity index (χ2n) is 4.49. The van der Waals surface area contributed by atoms with Gasteiger partial charge in [-0.3, -0.25) is 4.84 Å². The van der Waals surface area contributed by atoms with Gasteiger partial charge < -0.3 is 11.3 Å². The van der Waals surface area contributed by atoms with Crippen LogP contribution in [-0.2, 0) is 9.57 Å². The average molecular weight is 330 g/mol. The minimum atomic E-state index is -1.28. The van der Waals surface area contributed by atoms with Crippen LogP contribution in [-0.4, -0.2) is 46.4 Å². The summed E-state index contributed by atoms with van der Waals surface area (Å²) in [5.74, 6) is -1.16. The summed E-state index contributed by atoms with van der Waals surface area (Å²) in [6.07, 6.45) is 0. The Kier molecular flexibility index (Phi) is 6.29. The van der Waals surface area contributed by atoms with E-state index in [1.807, 2.05) is 13.8 Å². The van der Waals surface area contributed by atoms with Crippen molar-refractivity contribution in [2.45, 2.75) is 19.4 Å². The predicted octanol–water partition coefficient (Wildman–Crippen LogP) is -0.855. The summed E-state index contributed by atoms with van der Waals surface area (Å²) in [7, 11) is 0. The molecule has 0 amide bonds. The number of nitrogens with zero attached hydrogens (tertiary/aromatic N) is 3. The maximum absolute atomic E-state index is 11.1. The number of halogens is 2. The van der Waals surface area contributed by atoms with Crippen LogP contribution in [0, 0.1) is 0 Å².